The minimum Gasteiger partial charge on any atom is -0.274 e. The van der Waals surface area contributed by atoms with Gasteiger partial charge in [0, 0.05) is 16.7 Å². The van der Waals surface area contributed by atoms with Crippen LogP contribution in [-0.2, 0) is 10.8 Å². The molecule has 0 N–H and O–H groups in total. The second kappa shape index (κ2) is 8.41. The highest BCUT2D eigenvalue weighted by Crippen LogP contribution is 2.29. The van der Waals surface area contributed by atoms with Crippen molar-refractivity contribution in [2.75, 3.05) is 0 Å². The highest BCUT2D eigenvalue weighted by Gasteiger charge is 2.22. The molecule has 0 aliphatic heterocycles. The van der Waals surface area contributed by atoms with Gasteiger partial charge in [0.05, 0.1) is 5.52 Å². The Kier molecular flexibility index (Phi) is 5.69. The van der Waals surface area contributed by atoms with Crippen LogP contribution in [0, 0.1) is 13.8 Å². The number of aryl methyl sites for hydroxylation is 2. The number of aromatic nitrogens is 1. The minimum atomic E-state index is -1.44. The molecule has 4 heteroatoms. The molecule has 30 heavy (non-hydrogen) atoms. The Labute approximate surface area is 179 Å². The van der Waals surface area contributed by atoms with Gasteiger partial charge < -0.3 is 0 Å². The van der Waals surface area contributed by atoms with E-state index in [-0.39, 0.29) is 11.8 Å². The zero-order chi connectivity index (χ0) is 21.3. The Hall–Kier alpha value is -2.98. The first-order valence-electron chi connectivity index (χ1n) is 10.1. The van der Waals surface area contributed by atoms with Crippen LogP contribution in [0.15, 0.2) is 88.8 Å². The number of hydrogen-bond donors (Lipinski definition) is 0. The third-order valence-corrected chi connectivity index (χ3v) is 6.93. The molecule has 0 saturated heterocycles. The Balaban J connectivity index is 1.75. The lowest BCUT2D eigenvalue weighted by atomic mass is 9.93. The second-order valence-electron chi connectivity index (χ2n) is 7.81. The maximum atomic E-state index is 13.5. The standard InChI is InChI=1S/C26H25NO2S/c1-18-12-14-22(15-13-18)30(29)26-17-21-9-5-7-11-24(21)27(26)25(28)16-20(3)23-10-6-4-8-19(23)2/h4-15,17,20H,16H2,1-3H3/t20-,30-/m0/s1. The van der Waals surface area contributed by atoms with Crippen molar-refractivity contribution in [3.63, 3.8) is 0 Å². The van der Waals surface area contributed by atoms with Crippen LogP contribution in [0.1, 0.15) is 40.7 Å². The largest absolute Gasteiger partial charge is 0.274 e. The molecule has 3 aromatic carbocycles. The molecule has 3 nitrogen and oxygen atoms in total. The quantitative estimate of drug-likeness (QED) is 0.386. The van der Waals surface area contributed by atoms with E-state index in [2.05, 4.69) is 26.0 Å². The molecule has 0 aliphatic carbocycles. The predicted molar refractivity (Wildman–Crippen MR) is 123 cm³/mol. The molecule has 0 unspecified atom stereocenters. The number of para-hydroxylation sites is 1. The smallest absolute Gasteiger partial charge is 0.232 e. The molecular weight excluding hydrogens is 390 g/mol. The molecule has 0 fully saturated rings. The van der Waals surface area contributed by atoms with Gasteiger partial charge in [-0.3, -0.25) is 9.36 Å². The van der Waals surface area contributed by atoms with E-state index in [9.17, 15) is 9.00 Å². The van der Waals surface area contributed by atoms with Crippen molar-refractivity contribution in [3.8, 4) is 0 Å². The summed E-state index contributed by atoms with van der Waals surface area (Å²) in [6.45, 7) is 6.14. The van der Waals surface area contributed by atoms with E-state index in [0.29, 0.717) is 16.3 Å². The van der Waals surface area contributed by atoms with Gasteiger partial charge in [-0.1, -0.05) is 67.1 Å². The zero-order valence-corrected chi connectivity index (χ0v) is 18.3. The molecule has 152 valence electrons. The topological polar surface area (TPSA) is 39.1 Å². The van der Waals surface area contributed by atoms with Gasteiger partial charge in [-0.15, -0.1) is 0 Å². The molecule has 0 aliphatic rings. The summed E-state index contributed by atoms with van der Waals surface area (Å²) in [5, 5.41) is 1.45. The SMILES string of the molecule is Cc1ccc([S@](=O)c2cc3ccccc3n2C(=O)C[C@H](C)c2ccccc2C)cc1. The summed E-state index contributed by atoms with van der Waals surface area (Å²) >= 11 is 0. The number of hydrogen-bond acceptors (Lipinski definition) is 2. The van der Waals surface area contributed by atoms with E-state index in [4.69, 9.17) is 0 Å². The summed E-state index contributed by atoms with van der Waals surface area (Å²) in [5.41, 5.74) is 4.26. The van der Waals surface area contributed by atoms with Crippen LogP contribution in [0.25, 0.3) is 10.9 Å². The van der Waals surface area contributed by atoms with Crippen molar-refractivity contribution in [3.05, 3.63) is 95.6 Å². The molecule has 0 spiro atoms. The van der Waals surface area contributed by atoms with Crippen LogP contribution in [0.2, 0.25) is 0 Å². The normalized spacial score (nSPS) is 13.3. The maximum absolute atomic E-state index is 13.5. The number of benzene rings is 3. The van der Waals surface area contributed by atoms with Crippen LogP contribution >= 0.6 is 0 Å². The predicted octanol–water partition coefficient (Wildman–Crippen LogP) is 6.26. The Morgan fingerprint density at radius 1 is 0.933 bits per heavy atom. The van der Waals surface area contributed by atoms with Crippen LogP contribution in [0.4, 0.5) is 0 Å². The summed E-state index contributed by atoms with van der Waals surface area (Å²) in [4.78, 5) is 14.2. The van der Waals surface area contributed by atoms with Crippen molar-refractivity contribution in [1.82, 2.24) is 4.57 Å². The van der Waals surface area contributed by atoms with Crippen molar-refractivity contribution < 1.29 is 9.00 Å². The van der Waals surface area contributed by atoms with Crippen molar-refractivity contribution in [1.29, 1.82) is 0 Å². The fourth-order valence-electron chi connectivity index (χ4n) is 3.91. The highest BCUT2D eigenvalue weighted by atomic mass is 32.2. The number of carbonyl (C=O) groups excluding carboxylic acids is 1. The molecule has 0 radical (unpaired) electrons. The first kappa shape index (κ1) is 20.3. The molecular formula is C26H25NO2S. The zero-order valence-electron chi connectivity index (χ0n) is 17.5. The van der Waals surface area contributed by atoms with E-state index < -0.39 is 10.8 Å². The molecule has 2 atom stereocenters. The molecule has 4 aromatic rings. The van der Waals surface area contributed by atoms with Crippen molar-refractivity contribution >= 4 is 27.6 Å². The molecule has 0 bridgehead atoms. The number of fused-ring (bicyclic) bond motifs is 1. The van der Waals surface area contributed by atoms with Crippen LogP contribution < -0.4 is 0 Å². The van der Waals surface area contributed by atoms with Gasteiger partial charge in [0.25, 0.3) is 0 Å². The third-order valence-electron chi connectivity index (χ3n) is 5.55. The van der Waals surface area contributed by atoms with Crippen LogP contribution in [-0.4, -0.2) is 14.7 Å². The highest BCUT2D eigenvalue weighted by molar-refractivity contribution is 7.85. The van der Waals surface area contributed by atoms with Gasteiger partial charge in [-0.05, 0) is 55.2 Å². The van der Waals surface area contributed by atoms with Gasteiger partial charge in [0.15, 0.2) is 0 Å². The fraction of sp³-hybridized carbons (Fsp3) is 0.192. The van der Waals surface area contributed by atoms with Crippen LogP contribution in [0.3, 0.4) is 0 Å². The maximum Gasteiger partial charge on any atom is 0.232 e. The van der Waals surface area contributed by atoms with Crippen molar-refractivity contribution in [2.24, 2.45) is 0 Å². The lowest BCUT2D eigenvalue weighted by molar-refractivity contribution is 0.0891. The van der Waals surface area contributed by atoms with Gasteiger partial charge in [-0.25, -0.2) is 4.21 Å². The van der Waals surface area contributed by atoms with E-state index in [1.165, 1.54) is 11.1 Å². The number of nitrogens with zero attached hydrogens (tertiary/aromatic N) is 1. The van der Waals surface area contributed by atoms with E-state index in [0.717, 1.165) is 16.5 Å². The Bertz CT molecular complexity index is 1240. The average Bonchev–Trinajstić information content (AvgIpc) is 3.13. The molecule has 0 amide bonds. The van der Waals surface area contributed by atoms with Gasteiger partial charge in [-0.2, -0.15) is 0 Å². The minimum absolute atomic E-state index is 0.0394. The Morgan fingerprint density at radius 2 is 1.60 bits per heavy atom. The summed E-state index contributed by atoms with van der Waals surface area (Å²) < 4.78 is 15.1. The van der Waals surface area contributed by atoms with Gasteiger partial charge in [0.1, 0.15) is 15.8 Å². The Morgan fingerprint density at radius 3 is 2.33 bits per heavy atom. The summed E-state index contributed by atoms with van der Waals surface area (Å²) in [7, 11) is -1.44. The molecule has 0 saturated carbocycles. The summed E-state index contributed by atoms with van der Waals surface area (Å²) in [5.74, 6) is 0.0305. The van der Waals surface area contributed by atoms with E-state index in [1.807, 2.05) is 73.7 Å². The lowest BCUT2D eigenvalue weighted by Crippen LogP contribution is -2.17. The first-order valence-corrected chi connectivity index (χ1v) is 11.3. The van der Waals surface area contributed by atoms with Crippen LogP contribution in [0.5, 0.6) is 0 Å². The second-order valence-corrected chi connectivity index (χ2v) is 9.24. The molecule has 4 rings (SSSR count). The third kappa shape index (κ3) is 3.88. The van der Waals surface area contributed by atoms with Crippen molar-refractivity contribution in [2.45, 2.75) is 43.0 Å². The first-order chi connectivity index (χ1) is 14.5. The number of rotatable bonds is 5. The summed E-state index contributed by atoms with van der Waals surface area (Å²) in [6.07, 6.45) is 0.349. The molecule has 1 aromatic heterocycles. The lowest BCUT2D eigenvalue weighted by Gasteiger charge is -2.16. The van der Waals surface area contributed by atoms with Gasteiger partial charge >= 0.3 is 0 Å². The van der Waals surface area contributed by atoms with E-state index >= 15 is 0 Å². The van der Waals surface area contributed by atoms with E-state index in [1.54, 1.807) is 4.57 Å². The molecule has 1 heterocycles. The summed E-state index contributed by atoms with van der Waals surface area (Å²) in [6, 6.07) is 25.4. The monoisotopic (exact) mass is 415 g/mol. The fourth-order valence-corrected chi connectivity index (χ4v) is 5.13. The number of carbonyl (C=O) groups is 1. The van der Waals surface area contributed by atoms with Gasteiger partial charge in [0.2, 0.25) is 5.91 Å². The average molecular weight is 416 g/mol.